The van der Waals surface area contributed by atoms with Crippen LogP contribution in [0.1, 0.15) is 22.3 Å². The van der Waals surface area contributed by atoms with Gasteiger partial charge < -0.3 is 9.84 Å². The van der Waals surface area contributed by atoms with Crippen LogP contribution >= 0.6 is 0 Å². The lowest BCUT2D eigenvalue weighted by Gasteiger charge is -2.01. The van der Waals surface area contributed by atoms with E-state index in [0.717, 1.165) is 0 Å². The second-order valence-electron chi connectivity index (χ2n) is 2.93. The van der Waals surface area contributed by atoms with Crippen LogP contribution in [0.5, 0.6) is 0 Å². The van der Waals surface area contributed by atoms with Crippen molar-refractivity contribution in [3.05, 3.63) is 35.1 Å². The molecular weight excluding hydrogens is 211 g/mol. The first-order chi connectivity index (χ1) is 7.70. The van der Waals surface area contributed by atoms with Gasteiger partial charge in [-0.1, -0.05) is 17.9 Å². The SMILES string of the molecule is COC(=O)c1cccc(C#CCCO)c1F. The summed E-state index contributed by atoms with van der Waals surface area (Å²) < 4.78 is 18.1. The van der Waals surface area contributed by atoms with Crippen LogP contribution in [0.2, 0.25) is 0 Å². The van der Waals surface area contributed by atoms with E-state index in [2.05, 4.69) is 16.6 Å². The molecule has 4 heteroatoms. The zero-order chi connectivity index (χ0) is 12.0. The fourth-order valence-electron chi connectivity index (χ4n) is 1.11. The molecule has 0 amide bonds. The number of benzene rings is 1. The van der Waals surface area contributed by atoms with Crippen molar-refractivity contribution in [2.75, 3.05) is 13.7 Å². The highest BCUT2D eigenvalue weighted by Gasteiger charge is 2.13. The number of carbonyl (C=O) groups is 1. The largest absolute Gasteiger partial charge is 0.465 e. The van der Waals surface area contributed by atoms with Crippen LogP contribution < -0.4 is 0 Å². The molecule has 0 aliphatic rings. The number of esters is 1. The molecule has 0 heterocycles. The summed E-state index contributed by atoms with van der Waals surface area (Å²) in [6.07, 6.45) is 0.266. The highest BCUT2D eigenvalue weighted by Crippen LogP contribution is 2.12. The van der Waals surface area contributed by atoms with Crippen molar-refractivity contribution in [3.8, 4) is 11.8 Å². The minimum atomic E-state index is -0.733. The van der Waals surface area contributed by atoms with E-state index >= 15 is 0 Å². The number of hydrogen-bond donors (Lipinski definition) is 1. The second-order valence-corrected chi connectivity index (χ2v) is 2.93. The van der Waals surface area contributed by atoms with Gasteiger partial charge in [-0.05, 0) is 12.1 Å². The van der Waals surface area contributed by atoms with Crippen LogP contribution in [0.15, 0.2) is 18.2 Å². The Hall–Kier alpha value is -1.86. The van der Waals surface area contributed by atoms with Gasteiger partial charge in [-0.2, -0.15) is 0 Å². The van der Waals surface area contributed by atoms with E-state index < -0.39 is 11.8 Å². The molecule has 1 N–H and O–H groups in total. The van der Waals surface area contributed by atoms with Gasteiger partial charge in [0.05, 0.1) is 24.8 Å². The molecule has 0 saturated carbocycles. The molecular formula is C12H11FO3. The van der Waals surface area contributed by atoms with Crippen LogP contribution in [0, 0.1) is 17.7 Å². The van der Waals surface area contributed by atoms with Crippen molar-refractivity contribution in [1.82, 2.24) is 0 Å². The Morgan fingerprint density at radius 1 is 1.56 bits per heavy atom. The normalized spacial score (nSPS) is 9.19. The lowest BCUT2D eigenvalue weighted by molar-refractivity contribution is 0.0595. The molecule has 1 aromatic rings. The first-order valence-electron chi connectivity index (χ1n) is 4.67. The van der Waals surface area contributed by atoms with Gasteiger partial charge in [0.15, 0.2) is 5.82 Å². The monoisotopic (exact) mass is 222 g/mol. The van der Waals surface area contributed by atoms with E-state index in [1.807, 2.05) is 0 Å². The highest BCUT2D eigenvalue weighted by molar-refractivity contribution is 5.90. The Labute approximate surface area is 92.9 Å². The Kier molecular flexibility index (Phi) is 4.49. The van der Waals surface area contributed by atoms with Crippen molar-refractivity contribution in [1.29, 1.82) is 0 Å². The minimum absolute atomic E-state index is 0.0781. The molecule has 3 nitrogen and oxygen atoms in total. The molecule has 1 aromatic carbocycles. The van der Waals surface area contributed by atoms with Gasteiger partial charge in [0, 0.05) is 6.42 Å². The quantitative estimate of drug-likeness (QED) is 0.606. The van der Waals surface area contributed by atoms with Crippen LogP contribution in [0.3, 0.4) is 0 Å². The molecule has 16 heavy (non-hydrogen) atoms. The number of aliphatic hydroxyl groups excluding tert-OH is 1. The lowest BCUT2D eigenvalue weighted by atomic mass is 10.1. The summed E-state index contributed by atoms with van der Waals surface area (Å²) >= 11 is 0. The first-order valence-corrected chi connectivity index (χ1v) is 4.67. The van der Waals surface area contributed by atoms with Crippen LogP contribution in [0.25, 0.3) is 0 Å². The molecule has 0 spiro atoms. The standard InChI is InChI=1S/C12H11FO3/c1-16-12(15)10-7-4-6-9(11(10)13)5-2-3-8-14/h4,6-7,14H,3,8H2,1H3. The molecule has 0 aliphatic heterocycles. The number of halogens is 1. The number of ether oxygens (including phenoxy) is 1. The zero-order valence-electron chi connectivity index (χ0n) is 8.79. The number of methoxy groups -OCH3 is 1. The minimum Gasteiger partial charge on any atom is -0.465 e. The van der Waals surface area contributed by atoms with E-state index in [9.17, 15) is 9.18 Å². The average molecular weight is 222 g/mol. The maximum Gasteiger partial charge on any atom is 0.340 e. The van der Waals surface area contributed by atoms with E-state index in [0.29, 0.717) is 0 Å². The lowest BCUT2D eigenvalue weighted by Crippen LogP contribution is -2.05. The average Bonchev–Trinajstić information content (AvgIpc) is 2.30. The molecule has 0 atom stereocenters. The van der Waals surface area contributed by atoms with Gasteiger partial charge in [0.25, 0.3) is 0 Å². The molecule has 0 radical (unpaired) electrons. The Bertz CT molecular complexity index is 443. The molecule has 0 saturated heterocycles. The summed E-state index contributed by atoms with van der Waals surface area (Å²) in [6.45, 7) is -0.0781. The molecule has 0 bridgehead atoms. The molecule has 0 unspecified atom stereocenters. The van der Waals surface area contributed by atoms with Gasteiger partial charge in [-0.25, -0.2) is 9.18 Å². The maximum atomic E-state index is 13.7. The van der Waals surface area contributed by atoms with E-state index in [1.54, 1.807) is 0 Å². The van der Waals surface area contributed by atoms with E-state index in [-0.39, 0.29) is 24.2 Å². The highest BCUT2D eigenvalue weighted by atomic mass is 19.1. The van der Waals surface area contributed by atoms with Crippen molar-refractivity contribution in [3.63, 3.8) is 0 Å². The summed E-state index contributed by atoms with van der Waals surface area (Å²) in [6, 6.07) is 4.32. The molecule has 0 aliphatic carbocycles. The fourth-order valence-corrected chi connectivity index (χ4v) is 1.11. The molecule has 0 fully saturated rings. The van der Waals surface area contributed by atoms with Gasteiger partial charge in [-0.3, -0.25) is 0 Å². The van der Waals surface area contributed by atoms with Gasteiger partial charge in [-0.15, -0.1) is 0 Å². The van der Waals surface area contributed by atoms with Gasteiger partial charge in [0.2, 0.25) is 0 Å². The smallest absolute Gasteiger partial charge is 0.340 e. The summed E-state index contributed by atoms with van der Waals surface area (Å²) in [5, 5.41) is 8.52. The van der Waals surface area contributed by atoms with Crippen molar-refractivity contribution < 1.29 is 19.0 Å². The summed E-state index contributed by atoms with van der Waals surface area (Å²) in [5.74, 6) is 3.70. The predicted molar refractivity (Wildman–Crippen MR) is 56.3 cm³/mol. The molecule has 1 rings (SSSR count). The van der Waals surface area contributed by atoms with Crippen molar-refractivity contribution >= 4 is 5.97 Å². The van der Waals surface area contributed by atoms with E-state index in [1.165, 1.54) is 25.3 Å². The summed E-state index contributed by atoms with van der Waals surface area (Å²) in [4.78, 5) is 11.2. The zero-order valence-corrected chi connectivity index (χ0v) is 8.79. The molecule has 0 aromatic heterocycles. The molecule has 84 valence electrons. The second kappa shape index (κ2) is 5.89. The third-order valence-electron chi connectivity index (χ3n) is 1.86. The third-order valence-corrected chi connectivity index (χ3v) is 1.86. The van der Waals surface area contributed by atoms with Gasteiger partial charge in [0.1, 0.15) is 0 Å². The van der Waals surface area contributed by atoms with Crippen molar-refractivity contribution in [2.24, 2.45) is 0 Å². The third kappa shape index (κ3) is 2.81. The summed E-state index contributed by atoms with van der Waals surface area (Å²) in [5.41, 5.74) is -0.0188. The number of aliphatic hydroxyl groups is 1. The van der Waals surface area contributed by atoms with Crippen LogP contribution in [0.4, 0.5) is 4.39 Å². The van der Waals surface area contributed by atoms with Crippen LogP contribution in [-0.4, -0.2) is 24.8 Å². The fraction of sp³-hybridized carbons (Fsp3) is 0.250. The topological polar surface area (TPSA) is 46.5 Å². The maximum absolute atomic E-state index is 13.7. The first kappa shape index (κ1) is 12.2. The summed E-state index contributed by atoms with van der Waals surface area (Å²) in [7, 11) is 1.19. The number of hydrogen-bond acceptors (Lipinski definition) is 3. The van der Waals surface area contributed by atoms with Crippen LogP contribution in [-0.2, 0) is 4.74 Å². The number of carbonyl (C=O) groups excluding carboxylic acids is 1. The van der Waals surface area contributed by atoms with Crippen molar-refractivity contribution in [2.45, 2.75) is 6.42 Å². The number of rotatable bonds is 2. The Morgan fingerprint density at radius 2 is 2.31 bits per heavy atom. The Balaban J connectivity index is 3.05. The predicted octanol–water partition coefficient (Wildman–Crippen LogP) is 1.35. The Morgan fingerprint density at radius 3 is 2.94 bits per heavy atom. The van der Waals surface area contributed by atoms with Gasteiger partial charge >= 0.3 is 5.97 Å². The van der Waals surface area contributed by atoms with E-state index in [4.69, 9.17) is 5.11 Å².